The van der Waals surface area contributed by atoms with E-state index in [4.69, 9.17) is 5.73 Å². The van der Waals surface area contributed by atoms with E-state index < -0.39 is 0 Å². The molecule has 2 rings (SSSR count). The number of aryl methyl sites for hydroxylation is 1. The predicted molar refractivity (Wildman–Crippen MR) is 97.2 cm³/mol. The molecule has 2 N–H and O–H groups in total. The molecule has 0 saturated heterocycles. The van der Waals surface area contributed by atoms with Crippen LogP contribution in [-0.2, 0) is 6.42 Å². The van der Waals surface area contributed by atoms with Crippen molar-refractivity contribution in [1.82, 2.24) is 4.98 Å². The molecule has 0 radical (unpaired) electrons. The number of thiazole rings is 1. The number of hydrogen-bond acceptors (Lipinski definition) is 4. The second kappa shape index (κ2) is 7.48. The van der Waals surface area contributed by atoms with E-state index in [-0.39, 0.29) is 0 Å². The maximum atomic E-state index is 5.99. The van der Waals surface area contributed by atoms with Crippen molar-refractivity contribution in [3.05, 3.63) is 57.8 Å². The molecule has 0 amide bonds. The van der Waals surface area contributed by atoms with Crippen LogP contribution < -0.4 is 5.73 Å². The van der Waals surface area contributed by atoms with Crippen LogP contribution >= 0.6 is 23.1 Å². The first kappa shape index (κ1) is 15.9. The van der Waals surface area contributed by atoms with E-state index in [2.05, 4.69) is 43.0 Å². The van der Waals surface area contributed by atoms with Gasteiger partial charge in [-0.05, 0) is 36.3 Å². The van der Waals surface area contributed by atoms with Crippen LogP contribution in [0.4, 0.5) is 5.82 Å². The molecule has 0 saturated carbocycles. The summed E-state index contributed by atoms with van der Waals surface area (Å²) < 4.78 is 0. The summed E-state index contributed by atoms with van der Waals surface area (Å²) >= 11 is 3.27. The Balaban J connectivity index is 2.08. The average Bonchev–Trinajstić information content (AvgIpc) is 2.86. The smallest absolute Gasteiger partial charge is 0.143 e. The minimum absolute atomic E-state index is 0.603. The van der Waals surface area contributed by atoms with Gasteiger partial charge in [-0.2, -0.15) is 0 Å². The van der Waals surface area contributed by atoms with Crippen molar-refractivity contribution in [2.45, 2.75) is 26.7 Å². The van der Waals surface area contributed by atoms with Crippen LogP contribution in [0, 0.1) is 0 Å². The summed E-state index contributed by atoms with van der Waals surface area (Å²) in [6.07, 6.45) is 2.06. The van der Waals surface area contributed by atoms with Crippen LogP contribution in [0.2, 0.25) is 0 Å². The Morgan fingerprint density at radius 1 is 1.38 bits per heavy atom. The van der Waals surface area contributed by atoms with Crippen molar-refractivity contribution >= 4 is 39.4 Å². The van der Waals surface area contributed by atoms with Crippen LogP contribution in [0.3, 0.4) is 0 Å². The van der Waals surface area contributed by atoms with Crippen molar-refractivity contribution in [1.29, 1.82) is 0 Å². The lowest BCUT2D eigenvalue weighted by atomic mass is 10.1. The molecule has 4 heteroatoms. The van der Waals surface area contributed by atoms with E-state index in [0.29, 0.717) is 5.82 Å². The van der Waals surface area contributed by atoms with Gasteiger partial charge in [0.25, 0.3) is 0 Å². The molecule has 0 unspecified atom stereocenters. The third kappa shape index (κ3) is 4.22. The van der Waals surface area contributed by atoms with E-state index in [1.54, 1.807) is 23.1 Å². The Bertz CT molecular complexity index is 642. The van der Waals surface area contributed by atoms with Crippen LogP contribution in [-0.4, -0.2) is 4.98 Å². The zero-order chi connectivity index (χ0) is 15.2. The first-order chi connectivity index (χ1) is 10.1. The van der Waals surface area contributed by atoms with Gasteiger partial charge in [-0.1, -0.05) is 55.6 Å². The SMILES string of the molecule is C=C(S/C=C(\C)c1ccccc1)c1sc(CCC)nc1N. The fraction of sp³-hybridized carbons (Fsp3) is 0.235. The summed E-state index contributed by atoms with van der Waals surface area (Å²) in [6, 6.07) is 10.3. The normalized spacial score (nSPS) is 11.6. The van der Waals surface area contributed by atoms with Gasteiger partial charge in [-0.15, -0.1) is 11.3 Å². The number of aromatic nitrogens is 1. The summed E-state index contributed by atoms with van der Waals surface area (Å²) in [4.78, 5) is 6.37. The highest BCUT2D eigenvalue weighted by atomic mass is 32.2. The number of allylic oxidation sites excluding steroid dienone is 1. The van der Waals surface area contributed by atoms with Crippen LogP contribution in [0.1, 0.15) is 35.7 Å². The largest absolute Gasteiger partial charge is 0.382 e. The second-order valence-electron chi connectivity index (χ2n) is 4.78. The second-order valence-corrected chi connectivity index (χ2v) is 6.83. The summed E-state index contributed by atoms with van der Waals surface area (Å²) in [6.45, 7) is 8.38. The van der Waals surface area contributed by atoms with Gasteiger partial charge in [0.1, 0.15) is 5.82 Å². The monoisotopic (exact) mass is 316 g/mol. The number of hydrogen-bond donors (Lipinski definition) is 1. The van der Waals surface area contributed by atoms with Crippen LogP contribution in [0.25, 0.3) is 10.5 Å². The fourth-order valence-corrected chi connectivity index (χ4v) is 3.77. The number of benzene rings is 1. The fourth-order valence-electron chi connectivity index (χ4n) is 1.88. The van der Waals surface area contributed by atoms with E-state index in [0.717, 1.165) is 27.6 Å². The summed E-state index contributed by atoms with van der Waals surface area (Å²) in [5.74, 6) is 0.603. The average molecular weight is 316 g/mol. The number of thioether (sulfide) groups is 1. The van der Waals surface area contributed by atoms with Gasteiger partial charge in [0.05, 0.1) is 9.88 Å². The topological polar surface area (TPSA) is 38.9 Å². The number of anilines is 1. The van der Waals surface area contributed by atoms with Gasteiger partial charge in [0.2, 0.25) is 0 Å². The molecule has 0 spiro atoms. The zero-order valence-electron chi connectivity index (χ0n) is 12.4. The number of nitrogens with two attached hydrogens (primary N) is 1. The van der Waals surface area contributed by atoms with Gasteiger partial charge in [0, 0.05) is 4.91 Å². The molecule has 110 valence electrons. The maximum Gasteiger partial charge on any atom is 0.143 e. The molecule has 0 aliphatic rings. The third-order valence-electron chi connectivity index (χ3n) is 3.02. The van der Waals surface area contributed by atoms with Gasteiger partial charge >= 0.3 is 0 Å². The molecule has 0 bridgehead atoms. The van der Waals surface area contributed by atoms with Crippen molar-refractivity contribution in [2.75, 3.05) is 5.73 Å². The standard InChI is InChI=1S/C17H20N2S2/c1-4-8-15-19-17(18)16(21-15)13(3)20-11-12(2)14-9-6-5-7-10-14/h5-7,9-11H,3-4,8,18H2,1-2H3/b12-11+. The lowest BCUT2D eigenvalue weighted by Gasteiger charge is -2.03. The molecule has 0 fully saturated rings. The molecule has 21 heavy (non-hydrogen) atoms. The molecule has 0 atom stereocenters. The first-order valence-electron chi connectivity index (χ1n) is 6.95. The Hall–Kier alpha value is -1.52. The Labute approximate surface area is 134 Å². The predicted octanol–water partition coefficient (Wildman–Crippen LogP) is 5.44. The molecule has 2 nitrogen and oxygen atoms in total. The van der Waals surface area contributed by atoms with E-state index >= 15 is 0 Å². The van der Waals surface area contributed by atoms with Crippen molar-refractivity contribution in [2.24, 2.45) is 0 Å². The van der Waals surface area contributed by atoms with E-state index in [1.165, 1.54) is 11.1 Å². The Morgan fingerprint density at radius 3 is 2.76 bits per heavy atom. The highest BCUT2D eigenvalue weighted by Gasteiger charge is 2.11. The van der Waals surface area contributed by atoms with Crippen molar-refractivity contribution in [3.63, 3.8) is 0 Å². The summed E-state index contributed by atoms with van der Waals surface area (Å²) in [5.41, 5.74) is 8.44. The van der Waals surface area contributed by atoms with E-state index in [1.807, 2.05) is 18.2 Å². The third-order valence-corrected chi connectivity index (χ3v) is 5.30. The number of nitrogen functional groups attached to an aromatic ring is 1. The minimum Gasteiger partial charge on any atom is -0.382 e. The van der Waals surface area contributed by atoms with Gasteiger partial charge in [0.15, 0.2) is 0 Å². The maximum absolute atomic E-state index is 5.99. The molecule has 1 aromatic carbocycles. The Kier molecular flexibility index (Phi) is 5.65. The highest BCUT2D eigenvalue weighted by Crippen LogP contribution is 2.36. The molecular weight excluding hydrogens is 296 g/mol. The zero-order valence-corrected chi connectivity index (χ0v) is 14.1. The molecule has 0 aliphatic carbocycles. The quantitative estimate of drug-likeness (QED) is 0.771. The van der Waals surface area contributed by atoms with Gasteiger partial charge in [-0.3, -0.25) is 0 Å². The molecule has 1 aromatic heterocycles. The van der Waals surface area contributed by atoms with E-state index in [9.17, 15) is 0 Å². The highest BCUT2D eigenvalue weighted by molar-refractivity contribution is 8.11. The van der Waals surface area contributed by atoms with Crippen LogP contribution in [0.15, 0.2) is 42.3 Å². The molecule has 2 aromatic rings. The van der Waals surface area contributed by atoms with Crippen molar-refractivity contribution in [3.8, 4) is 0 Å². The molecular formula is C17H20N2S2. The molecule has 0 aliphatic heterocycles. The number of rotatable bonds is 6. The minimum atomic E-state index is 0.603. The summed E-state index contributed by atoms with van der Waals surface area (Å²) in [5, 5.41) is 3.21. The van der Waals surface area contributed by atoms with Gasteiger partial charge < -0.3 is 5.73 Å². The van der Waals surface area contributed by atoms with Crippen LogP contribution in [0.5, 0.6) is 0 Å². The number of nitrogens with zero attached hydrogens (tertiary/aromatic N) is 1. The van der Waals surface area contributed by atoms with Crippen molar-refractivity contribution < 1.29 is 0 Å². The lowest BCUT2D eigenvalue weighted by molar-refractivity contribution is 0.910. The lowest BCUT2D eigenvalue weighted by Crippen LogP contribution is -1.89. The Morgan fingerprint density at radius 2 is 2.10 bits per heavy atom. The van der Waals surface area contributed by atoms with Gasteiger partial charge in [-0.25, -0.2) is 4.98 Å². The first-order valence-corrected chi connectivity index (χ1v) is 8.64. The summed E-state index contributed by atoms with van der Waals surface area (Å²) in [7, 11) is 0. The molecule has 1 heterocycles.